The summed E-state index contributed by atoms with van der Waals surface area (Å²) < 4.78 is 26.3. The third-order valence-corrected chi connectivity index (χ3v) is 7.20. The first-order valence-electron chi connectivity index (χ1n) is 13.4. The van der Waals surface area contributed by atoms with E-state index < -0.39 is 17.8 Å². The number of pyridine rings is 1. The number of benzene rings is 1. The second-order valence-corrected chi connectivity index (χ2v) is 10.3. The molecule has 2 aliphatic rings. The Morgan fingerprint density at radius 2 is 2.03 bits per heavy atom. The molecule has 4 rings (SSSR count). The number of ether oxygens (including phenoxy) is 2. The van der Waals surface area contributed by atoms with Crippen molar-refractivity contribution in [1.82, 2.24) is 9.88 Å². The van der Waals surface area contributed by atoms with Crippen molar-refractivity contribution in [2.75, 3.05) is 19.7 Å². The minimum Gasteiger partial charge on any atom is -0.480 e. The van der Waals surface area contributed by atoms with Crippen molar-refractivity contribution in [2.45, 2.75) is 90.1 Å². The molecule has 36 heavy (non-hydrogen) atoms. The summed E-state index contributed by atoms with van der Waals surface area (Å²) in [5.74, 6) is -1.41. The number of fused-ring (bicyclic) bond motifs is 1. The highest BCUT2D eigenvalue weighted by Gasteiger charge is 2.35. The van der Waals surface area contributed by atoms with Crippen LogP contribution in [0.2, 0.25) is 0 Å². The fraction of sp³-hybridized carbons (Fsp3) is 0.586. The fourth-order valence-corrected chi connectivity index (χ4v) is 5.27. The number of unbranched alkanes of at least 4 members (excludes halogenated alkanes) is 1. The molecule has 1 aliphatic carbocycles. The summed E-state index contributed by atoms with van der Waals surface area (Å²) >= 11 is 0. The van der Waals surface area contributed by atoms with E-state index in [4.69, 9.17) is 14.5 Å². The van der Waals surface area contributed by atoms with Gasteiger partial charge in [0, 0.05) is 36.6 Å². The van der Waals surface area contributed by atoms with Gasteiger partial charge in [-0.2, -0.15) is 0 Å². The number of carboxylic acids is 1. The van der Waals surface area contributed by atoms with Gasteiger partial charge in [-0.3, -0.25) is 14.7 Å². The van der Waals surface area contributed by atoms with Gasteiger partial charge >= 0.3 is 5.97 Å². The number of aryl methyl sites for hydroxylation is 3. The van der Waals surface area contributed by atoms with Gasteiger partial charge in [-0.1, -0.05) is 18.2 Å². The smallest absolute Gasteiger partial charge is 0.325 e. The normalized spacial score (nSPS) is 18.9. The maximum absolute atomic E-state index is 14.6. The summed E-state index contributed by atoms with van der Waals surface area (Å²) in [6.07, 6.45) is 8.36. The van der Waals surface area contributed by atoms with Crippen molar-refractivity contribution in [3.05, 3.63) is 64.2 Å². The molecule has 196 valence electrons. The summed E-state index contributed by atoms with van der Waals surface area (Å²) in [5, 5.41) is 10.0. The summed E-state index contributed by atoms with van der Waals surface area (Å²) in [7, 11) is 0. The zero-order valence-electron chi connectivity index (χ0n) is 21.5. The van der Waals surface area contributed by atoms with Crippen LogP contribution in [0.15, 0.2) is 30.3 Å². The molecule has 1 aromatic carbocycles. The molecule has 1 fully saturated rings. The number of aliphatic carboxylic acids is 1. The molecule has 2 aromatic rings. The van der Waals surface area contributed by atoms with Gasteiger partial charge in [-0.25, -0.2) is 4.39 Å². The zero-order valence-corrected chi connectivity index (χ0v) is 21.5. The summed E-state index contributed by atoms with van der Waals surface area (Å²) in [6.45, 7) is 5.57. The number of hydrogen-bond acceptors (Lipinski definition) is 5. The molecule has 0 spiro atoms. The van der Waals surface area contributed by atoms with Gasteiger partial charge in [0.15, 0.2) is 0 Å². The van der Waals surface area contributed by atoms with Crippen molar-refractivity contribution < 1.29 is 23.8 Å². The number of aromatic nitrogens is 1. The number of hydrogen-bond donors (Lipinski definition) is 1. The quantitative estimate of drug-likeness (QED) is 0.402. The molecule has 1 unspecified atom stereocenters. The molecule has 0 bridgehead atoms. The Kier molecular flexibility index (Phi) is 9.46. The van der Waals surface area contributed by atoms with Crippen molar-refractivity contribution in [2.24, 2.45) is 0 Å². The van der Waals surface area contributed by atoms with Crippen LogP contribution in [0.5, 0.6) is 0 Å². The third-order valence-electron chi connectivity index (χ3n) is 7.20. The monoisotopic (exact) mass is 498 g/mol. The minimum atomic E-state index is -0.982. The van der Waals surface area contributed by atoms with Crippen molar-refractivity contribution in [3.8, 4) is 0 Å². The van der Waals surface area contributed by atoms with Gasteiger partial charge in [0.2, 0.25) is 0 Å². The van der Waals surface area contributed by atoms with Crippen LogP contribution in [0.25, 0.3) is 0 Å². The number of halogens is 1. The summed E-state index contributed by atoms with van der Waals surface area (Å²) in [6, 6.07) is 8.12. The van der Waals surface area contributed by atoms with Crippen molar-refractivity contribution in [3.63, 3.8) is 0 Å². The zero-order chi connectivity index (χ0) is 25.5. The maximum Gasteiger partial charge on any atom is 0.325 e. The van der Waals surface area contributed by atoms with Crippen LogP contribution < -0.4 is 0 Å². The van der Waals surface area contributed by atoms with Gasteiger partial charge < -0.3 is 14.6 Å². The lowest BCUT2D eigenvalue weighted by Gasteiger charge is -2.27. The Balaban J connectivity index is 1.27. The van der Waals surface area contributed by atoms with E-state index in [-0.39, 0.29) is 18.8 Å². The van der Waals surface area contributed by atoms with Crippen LogP contribution >= 0.6 is 0 Å². The second-order valence-electron chi connectivity index (χ2n) is 10.3. The van der Waals surface area contributed by atoms with E-state index in [9.17, 15) is 14.3 Å². The van der Waals surface area contributed by atoms with E-state index in [1.165, 1.54) is 35.9 Å². The lowest BCUT2D eigenvalue weighted by atomic mass is 9.95. The number of nitrogens with zero attached hydrogens (tertiary/aromatic N) is 2. The molecule has 1 saturated heterocycles. The van der Waals surface area contributed by atoms with E-state index in [1.54, 1.807) is 12.1 Å². The molecule has 0 radical (unpaired) electrons. The van der Waals surface area contributed by atoms with E-state index in [0.29, 0.717) is 30.8 Å². The first-order chi connectivity index (χ1) is 17.4. The average molecular weight is 499 g/mol. The van der Waals surface area contributed by atoms with Gasteiger partial charge in [0.1, 0.15) is 11.9 Å². The van der Waals surface area contributed by atoms with Crippen LogP contribution in [-0.2, 0) is 40.1 Å². The highest BCUT2D eigenvalue weighted by molar-refractivity contribution is 5.76. The van der Waals surface area contributed by atoms with Crippen molar-refractivity contribution in [1.29, 1.82) is 0 Å². The Hall–Kier alpha value is -2.35. The Bertz CT molecular complexity index is 1030. The Labute approximate surface area is 213 Å². The first-order valence-corrected chi connectivity index (χ1v) is 13.4. The molecule has 6 nitrogen and oxygen atoms in total. The SMILES string of the molecule is CC(C)OCc1c(F)cccc1C(C(=O)O)N1CC[C@@H](OCCCCc2ccc3c(n2)CCCC3)C1. The van der Waals surface area contributed by atoms with Gasteiger partial charge in [0.05, 0.1) is 18.8 Å². The number of carboxylic acid groups (broad SMARTS) is 1. The second kappa shape index (κ2) is 12.7. The maximum atomic E-state index is 14.6. The molecule has 1 N–H and O–H groups in total. The fourth-order valence-electron chi connectivity index (χ4n) is 5.27. The first kappa shape index (κ1) is 26.7. The number of carbonyl (C=O) groups is 1. The Morgan fingerprint density at radius 3 is 2.83 bits per heavy atom. The lowest BCUT2D eigenvalue weighted by molar-refractivity contribution is -0.143. The predicted molar refractivity (Wildman–Crippen MR) is 136 cm³/mol. The molecular weight excluding hydrogens is 459 g/mol. The largest absolute Gasteiger partial charge is 0.480 e. The molecule has 2 heterocycles. The van der Waals surface area contributed by atoms with Gasteiger partial charge in [0.25, 0.3) is 0 Å². The van der Waals surface area contributed by atoms with Crippen molar-refractivity contribution >= 4 is 5.97 Å². The molecule has 1 aromatic heterocycles. The molecular formula is C29H39FN2O4. The lowest BCUT2D eigenvalue weighted by Crippen LogP contribution is -2.34. The molecule has 0 amide bonds. The highest BCUT2D eigenvalue weighted by atomic mass is 19.1. The van der Waals surface area contributed by atoms with Gasteiger partial charge in [-0.15, -0.1) is 0 Å². The minimum absolute atomic E-state index is 0.0161. The van der Waals surface area contributed by atoms with Crippen LogP contribution in [0, 0.1) is 5.82 Å². The summed E-state index contributed by atoms with van der Waals surface area (Å²) in [5.41, 5.74) is 4.64. The molecule has 2 atom stereocenters. The van der Waals surface area contributed by atoms with Gasteiger partial charge in [-0.05, 0) is 88.5 Å². The molecule has 7 heteroatoms. The van der Waals surface area contributed by atoms with E-state index in [0.717, 1.165) is 38.5 Å². The highest BCUT2D eigenvalue weighted by Crippen LogP contribution is 2.31. The van der Waals surface area contributed by atoms with E-state index in [2.05, 4.69) is 12.1 Å². The molecule has 0 saturated carbocycles. The van der Waals surface area contributed by atoms with Crippen LogP contribution in [0.4, 0.5) is 4.39 Å². The third kappa shape index (κ3) is 6.90. The number of rotatable bonds is 12. The average Bonchev–Trinajstić information content (AvgIpc) is 3.31. The predicted octanol–water partition coefficient (Wildman–Crippen LogP) is 5.26. The van der Waals surface area contributed by atoms with E-state index in [1.807, 2.05) is 18.7 Å². The number of likely N-dealkylation sites (tertiary alicyclic amines) is 1. The standard InChI is InChI=1S/C29H39FN2O4/c1-20(2)36-19-25-24(10-7-11-26(25)30)28(29(33)34)32-16-15-23(18-32)35-17-6-5-9-22-14-13-21-8-3-4-12-27(21)31-22/h7,10-11,13-14,20,23,28H,3-6,8-9,12,15-19H2,1-2H3,(H,33,34)/t23-,28?/m1/s1. The Morgan fingerprint density at radius 1 is 1.19 bits per heavy atom. The van der Waals surface area contributed by atoms with E-state index >= 15 is 0 Å². The van der Waals surface area contributed by atoms with Crippen LogP contribution in [-0.4, -0.2) is 52.9 Å². The van der Waals surface area contributed by atoms with Crippen LogP contribution in [0.3, 0.4) is 0 Å². The van der Waals surface area contributed by atoms with Crippen LogP contribution in [0.1, 0.15) is 80.1 Å². The topological polar surface area (TPSA) is 71.9 Å². The molecule has 1 aliphatic heterocycles. The summed E-state index contributed by atoms with van der Waals surface area (Å²) in [4.78, 5) is 19.0.